The quantitative estimate of drug-likeness (QED) is 0.451. The fourth-order valence-electron chi connectivity index (χ4n) is 3.27. The average Bonchev–Trinajstić information content (AvgIpc) is 3.44. The summed E-state index contributed by atoms with van der Waals surface area (Å²) in [5.74, 6) is -0.329. The number of pyridine rings is 1. The van der Waals surface area contributed by atoms with Crippen LogP contribution in [0.2, 0.25) is 5.15 Å². The summed E-state index contributed by atoms with van der Waals surface area (Å²) in [6.45, 7) is 0.916. The Balaban J connectivity index is 1.65. The minimum absolute atomic E-state index is 0.134. The first-order valence-electron chi connectivity index (χ1n) is 9.49. The largest absolute Gasteiger partial charge is 0.416 e. The maximum absolute atomic E-state index is 13.2. The molecule has 3 aromatic rings. The number of hydrogen-bond acceptors (Lipinski definition) is 5. The van der Waals surface area contributed by atoms with Crippen LogP contribution in [-0.4, -0.2) is 35.1 Å². The molecule has 10 heteroatoms. The van der Waals surface area contributed by atoms with Gasteiger partial charge in [0.05, 0.1) is 29.5 Å². The molecular weight excluding hydrogens is 451 g/mol. The molecule has 1 atom stereocenters. The predicted octanol–water partition coefficient (Wildman–Crippen LogP) is 5.70. The van der Waals surface area contributed by atoms with Crippen LogP contribution in [0.25, 0.3) is 11.3 Å². The number of nitrogens with zero attached hydrogens (tertiary/aromatic N) is 3. The first kappa shape index (κ1) is 21.7. The molecule has 0 saturated carbocycles. The SMILES string of the molecule is O=C(c1ccc(Cl)nc1)N(C[C@H]1CCCO1)c1nc(-c2cccc(C(F)(F)F)c2)cs1. The number of carbonyl (C=O) groups is 1. The molecule has 1 fully saturated rings. The Morgan fingerprint density at radius 2 is 2.13 bits per heavy atom. The molecule has 0 bridgehead atoms. The Morgan fingerprint density at radius 3 is 2.81 bits per heavy atom. The number of aromatic nitrogens is 2. The van der Waals surface area contributed by atoms with Crippen molar-refractivity contribution in [2.75, 3.05) is 18.1 Å². The number of benzene rings is 1. The zero-order valence-electron chi connectivity index (χ0n) is 16.1. The number of rotatable bonds is 5. The highest BCUT2D eigenvalue weighted by molar-refractivity contribution is 7.14. The van der Waals surface area contributed by atoms with E-state index in [1.165, 1.54) is 34.6 Å². The van der Waals surface area contributed by atoms with Gasteiger partial charge in [0.2, 0.25) is 0 Å². The first-order chi connectivity index (χ1) is 14.8. The van der Waals surface area contributed by atoms with Crippen LogP contribution in [0.4, 0.5) is 18.3 Å². The van der Waals surface area contributed by atoms with E-state index in [4.69, 9.17) is 16.3 Å². The number of carbonyl (C=O) groups excluding carboxylic acids is 1. The third-order valence-electron chi connectivity index (χ3n) is 4.84. The van der Waals surface area contributed by atoms with E-state index in [-0.39, 0.29) is 23.7 Å². The van der Waals surface area contributed by atoms with Gasteiger partial charge in [0.25, 0.3) is 5.91 Å². The zero-order valence-corrected chi connectivity index (χ0v) is 17.7. The molecule has 0 unspecified atom stereocenters. The van der Waals surface area contributed by atoms with Crippen LogP contribution in [0.1, 0.15) is 28.8 Å². The van der Waals surface area contributed by atoms with E-state index < -0.39 is 11.7 Å². The van der Waals surface area contributed by atoms with Gasteiger partial charge in [-0.2, -0.15) is 13.2 Å². The molecule has 1 aromatic carbocycles. The van der Waals surface area contributed by atoms with Crippen LogP contribution in [0.15, 0.2) is 48.0 Å². The summed E-state index contributed by atoms with van der Waals surface area (Å²) in [4.78, 5) is 23.1. The molecule has 0 N–H and O–H groups in total. The number of thiazole rings is 1. The predicted molar refractivity (Wildman–Crippen MR) is 112 cm³/mol. The molecule has 162 valence electrons. The summed E-state index contributed by atoms with van der Waals surface area (Å²) in [5, 5.41) is 2.28. The third-order valence-corrected chi connectivity index (χ3v) is 5.93. The van der Waals surface area contributed by atoms with Crippen molar-refractivity contribution in [3.63, 3.8) is 0 Å². The molecule has 5 nitrogen and oxygen atoms in total. The minimum Gasteiger partial charge on any atom is -0.376 e. The van der Waals surface area contributed by atoms with E-state index >= 15 is 0 Å². The molecule has 0 aliphatic carbocycles. The van der Waals surface area contributed by atoms with Crippen molar-refractivity contribution in [2.45, 2.75) is 25.1 Å². The molecule has 1 amide bonds. The first-order valence-corrected chi connectivity index (χ1v) is 10.8. The highest BCUT2D eigenvalue weighted by Crippen LogP contribution is 2.34. The Labute approximate surface area is 185 Å². The monoisotopic (exact) mass is 467 g/mol. The second-order valence-electron chi connectivity index (χ2n) is 7.01. The van der Waals surface area contributed by atoms with Crippen molar-refractivity contribution in [1.29, 1.82) is 0 Å². The van der Waals surface area contributed by atoms with Crippen LogP contribution in [0, 0.1) is 0 Å². The van der Waals surface area contributed by atoms with Crippen molar-refractivity contribution < 1.29 is 22.7 Å². The lowest BCUT2D eigenvalue weighted by molar-refractivity contribution is -0.137. The van der Waals surface area contributed by atoms with Gasteiger partial charge in [-0.1, -0.05) is 23.7 Å². The Morgan fingerprint density at radius 1 is 1.29 bits per heavy atom. The van der Waals surface area contributed by atoms with E-state index in [9.17, 15) is 18.0 Å². The van der Waals surface area contributed by atoms with E-state index in [2.05, 4.69) is 9.97 Å². The highest BCUT2D eigenvalue weighted by Gasteiger charge is 2.31. The number of halogens is 4. The summed E-state index contributed by atoms with van der Waals surface area (Å²) >= 11 is 7.01. The second-order valence-corrected chi connectivity index (χ2v) is 8.24. The van der Waals surface area contributed by atoms with Gasteiger partial charge in [0.1, 0.15) is 5.15 Å². The van der Waals surface area contributed by atoms with Gasteiger partial charge in [-0.15, -0.1) is 11.3 Å². The standard InChI is InChI=1S/C21H17ClF3N3O2S/c22-18-7-6-14(10-26-18)19(29)28(11-16-5-2-8-30-16)20-27-17(12-31-20)13-3-1-4-15(9-13)21(23,24)25/h1,3-4,6-7,9-10,12,16H,2,5,8,11H2/t16-/m1/s1. The maximum Gasteiger partial charge on any atom is 0.416 e. The summed E-state index contributed by atoms with van der Waals surface area (Å²) in [5.41, 5.74) is 0.276. The maximum atomic E-state index is 13.2. The third kappa shape index (κ3) is 5.06. The number of amides is 1. The molecule has 31 heavy (non-hydrogen) atoms. The lowest BCUT2D eigenvalue weighted by Crippen LogP contribution is -2.37. The van der Waals surface area contributed by atoms with Crippen LogP contribution in [0.3, 0.4) is 0 Å². The van der Waals surface area contributed by atoms with Gasteiger partial charge in [0, 0.05) is 23.7 Å². The molecule has 3 heterocycles. The number of hydrogen-bond donors (Lipinski definition) is 0. The van der Waals surface area contributed by atoms with Crippen LogP contribution in [0.5, 0.6) is 0 Å². The van der Waals surface area contributed by atoms with Gasteiger partial charge >= 0.3 is 6.18 Å². The van der Waals surface area contributed by atoms with Gasteiger partial charge in [-0.25, -0.2) is 9.97 Å². The molecule has 1 aliphatic rings. The summed E-state index contributed by atoms with van der Waals surface area (Å²) < 4.78 is 44.9. The van der Waals surface area contributed by atoms with Crippen LogP contribution >= 0.6 is 22.9 Å². The van der Waals surface area contributed by atoms with Gasteiger partial charge in [0.15, 0.2) is 5.13 Å². The van der Waals surface area contributed by atoms with Crippen LogP contribution < -0.4 is 4.90 Å². The van der Waals surface area contributed by atoms with Gasteiger partial charge in [-0.3, -0.25) is 9.69 Å². The van der Waals surface area contributed by atoms with Crippen molar-refractivity contribution in [1.82, 2.24) is 9.97 Å². The lowest BCUT2D eigenvalue weighted by atomic mass is 10.1. The minimum atomic E-state index is -4.45. The van der Waals surface area contributed by atoms with Crippen molar-refractivity contribution >= 4 is 34.0 Å². The summed E-state index contributed by atoms with van der Waals surface area (Å²) in [6.07, 6.45) is -1.48. The fourth-order valence-corrected chi connectivity index (χ4v) is 4.23. The molecule has 0 spiro atoms. The van der Waals surface area contributed by atoms with Crippen molar-refractivity contribution in [3.05, 3.63) is 64.3 Å². The number of anilines is 1. The summed E-state index contributed by atoms with van der Waals surface area (Å²) in [7, 11) is 0. The molecule has 2 aromatic heterocycles. The topological polar surface area (TPSA) is 55.3 Å². The average molecular weight is 468 g/mol. The smallest absolute Gasteiger partial charge is 0.376 e. The van der Waals surface area contributed by atoms with Gasteiger partial charge < -0.3 is 4.74 Å². The fraction of sp³-hybridized carbons (Fsp3) is 0.286. The zero-order chi connectivity index (χ0) is 22.0. The van der Waals surface area contributed by atoms with Crippen molar-refractivity contribution in [3.8, 4) is 11.3 Å². The molecule has 1 saturated heterocycles. The summed E-state index contributed by atoms with van der Waals surface area (Å²) in [6, 6.07) is 8.05. The Hall–Kier alpha value is -2.49. The van der Waals surface area contributed by atoms with Gasteiger partial charge in [-0.05, 0) is 37.1 Å². The second kappa shape index (κ2) is 8.94. The van der Waals surface area contributed by atoms with E-state index in [0.29, 0.717) is 28.6 Å². The molecule has 4 rings (SSSR count). The van der Waals surface area contributed by atoms with E-state index in [0.717, 1.165) is 25.0 Å². The Bertz CT molecular complexity index is 1070. The Kier molecular flexibility index (Phi) is 6.27. The molecular formula is C21H17ClF3N3O2S. The van der Waals surface area contributed by atoms with E-state index in [1.807, 2.05) is 0 Å². The molecule has 0 radical (unpaired) electrons. The van der Waals surface area contributed by atoms with Crippen molar-refractivity contribution in [2.24, 2.45) is 0 Å². The lowest BCUT2D eigenvalue weighted by Gasteiger charge is -2.23. The highest BCUT2D eigenvalue weighted by atomic mass is 35.5. The molecule has 1 aliphatic heterocycles. The van der Waals surface area contributed by atoms with E-state index in [1.54, 1.807) is 17.5 Å². The van der Waals surface area contributed by atoms with Crippen LogP contribution in [-0.2, 0) is 10.9 Å². The number of alkyl halides is 3. The normalized spacial score (nSPS) is 16.5. The number of ether oxygens (including phenoxy) is 1.